The van der Waals surface area contributed by atoms with E-state index in [0.717, 1.165) is 35.3 Å². The second kappa shape index (κ2) is 7.12. The normalized spacial score (nSPS) is 13.6. The van der Waals surface area contributed by atoms with Crippen molar-refractivity contribution in [2.45, 2.75) is 38.8 Å². The standard InChI is InChI=1S/C21H21N3O2/c1-15-5-2-3-7-18(15)14-24(13-16-6-4-10-22-12-16)21(25)19-11-20(26-23-19)17-8-9-17/h2-7,10-12,17H,8-9,13-14H2,1H3. The molecule has 0 spiro atoms. The van der Waals surface area contributed by atoms with Crippen molar-refractivity contribution in [3.63, 3.8) is 0 Å². The third-order valence-corrected chi connectivity index (χ3v) is 4.73. The van der Waals surface area contributed by atoms with E-state index < -0.39 is 0 Å². The van der Waals surface area contributed by atoms with Crippen molar-refractivity contribution in [2.24, 2.45) is 0 Å². The molecule has 1 saturated carbocycles. The van der Waals surface area contributed by atoms with E-state index in [2.05, 4.69) is 29.2 Å². The first-order chi connectivity index (χ1) is 12.7. The largest absolute Gasteiger partial charge is 0.360 e. The van der Waals surface area contributed by atoms with Crippen LogP contribution in [0.5, 0.6) is 0 Å². The highest BCUT2D eigenvalue weighted by Gasteiger charge is 2.30. The van der Waals surface area contributed by atoms with Gasteiger partial charge in [-0.3, -0.25) is 9.78 Å². The molecular formula is C21H21N3O2. The maximum atomic E-state index is 13.1. The van der Waals surface area contributed by atoms with Gasteiger partial charge in [0.25, 0.3) is 5.91 Å². The lowest BCUT2D eigenvalue weighted by atomic mass is 10.1. The van der Waals surface area contributed by atoms with E-state index in [1.54, 1.807) is 23.4 Å². The zero-order valence-electron chi connectivity index (χ0n) is 14.8. The Morgan fingerprint density at radius 2 is 2.04 bits per heavy atom. The molecule has 26 heavy (non-hydrogen) atoms. The van der Waals surface area contributed by atoms with Gasteiger partial charge in [-0.05, 0) is 42.5 Å². The molecule has 0 N–H and O–H groups in total. The molecule has 0 radical (unpaired) electrons. The summed E-state index contributed by atoms with van der Waals surface area (Å²) in [5.74, 6) is 1.14. The highest BCUT2D eigenvalue weighted by molar-refractivity contribution is 5.92. The fourth-order valence-electron chi connectivity index (χ4n) is 3.02. The summed E-state index contributed by atoms with van der Waals surface area (Å²) in [5, 5.41) is 4.02. The predicted molar refractivity (Wildman–Crippen MR) is 97.5 cm³/mol. The molecule has 1 amide bonds. The number of pyridine rings is 1. The molecule has 0 saturated heterocycles. The van der Waals surface area contributed by atoms with Crippen LogP contribution in [0.2, 0.25) is 0 Å². The van der Waals surface area contributed by atoms with Crippen molar-refractivity contribution in [1.82, 2.24) is 15.0 Å². The second-order valence-corrected chi connectivity index (χ2v) is 6.84. The number of amides is 1. The third-order valence-electron chi connectivity index (χ3n) is 4.73. The number of hydrogen-bond donors (Lipinski definition) is 0. The van der Waals surface area contributed by atoms with Gasteiger partial charge in [0.15, 0.2) is 5.69 Å². The molecule has 0 aliphatic heterocycles. The van der Waals surface area contributed by atoms with Crippen LogP contribution in [-0.2, 0) is 13.1 Å². The summed E-state index contributed by atoms with van der Waals surface area (Å²) >= 11 is 0. The zero-order chi connectivity index (χ0) is 17.9. The smallest absolute Gasteiger partial charge is 0.276 e. The van der Waals surface area contributed by atoms with E-state index in [-0.39, 0.29) is 5.91 Å². The van der Waals surface area contributed by atoms with Gasteiger partial charge in [0, 0.05) is 37.5 Å². The molecule has 5 nitrogen and oxygen atoms in total. The topological polar surface area (TPSA) is 59.2 Å². The Hall–Kier alpha value is -2.95. The lowest BCUT2D eigenvalue weighted by Gasteiger charge is -2.22. The average Bonchev–Trinajstić information content (AvgIpc) is 3.40. The number of nitrogens with zero attached hydrogens (tertiary/aromatic N) is 3. The van der Waals surface area contributed by atoms with Crippen molar-refractivity contribution in [3.05, 3.63) is 83.0 Å². The Kier molecular flexibility index (Phi) is 4.52. The molecule has 1 fully saturated rings. The number of aryl methyl sites for hydroxylation is 1. The Labute approximate surface area is 152 Å². The van der Waals surface area contributed by atoms with E-state index in [4.69, 9.17) is 4.52 Å². The predicted octanol–water partition coefficient (Wildman–Crippen LogP) is 4.10. The monoisotopic (exact) mass is 347 g/mol. The van der Waals surface area contributed by atoms with Crippen LogP contribution in [-0.4, -0.2) is 20.9 Å². The van der Waals surface area contributed by atoms with Crippen LogP contribution in [0.1, 0.15) is 51.7 Å². The van der Waals surface area contributed by atoms with Crippen LogP contribution in [0.4, 0.5) is 0 Å². The number of benzene rings is 1. The summed E-state index contributed by atoms with van der Waals surface area (Å²) in [5.41, 5.74) is 3.65. The van der Waals surface area contributed by atoms with Gasteiger partial charge in [0.2, 0.25) is 0 Å². The van der Waals surface area contributed by atoms with Gasteiger partial charge < -0.3 is 9.42 Å². The number of aromatic nitrogens is 2. The molecule has 132 valence electrons. The molecule has 4 rings (SSSR count). The van der Waals surface area contributed by atoms with Crippen molar-refractivity contribution in [2.75, 3.05) is 0 Å². The van der Waals surface area contributed by atoms with Gasteiger partial charge >= 0.3 is 0 Å². The van der Waals surface area contributed by atoms with Gasteiger partial charge in [-0.15, -0.1) is 0 Å². The molecule has 3 aromatic rings. The quantitative estimate of drug-likeness (QED) is 0.674. The number of hydrogen-bond acceptors (Lipinski definition) is 4. The van der Waals surface area contributed by atoms with Crippen LogP contribution in [0.3, 0.4) is 0 Å². The van der Waals surface area contributed by atoms with Gasteiger partial charge in [-0.1, -0.05) is 35.5 Å². The first kappa shape index (κ1) is 16.5. The molecular weight excluding hydrogens is 326 g/mol. The molecule has 1 aromatic carbocycles. The van der Waals surface area contributed by atoms with E-state index in [1.165, 1.54) is 0 Å². The van der Waals surface area contributed by atoms with Gasteiger partial charge in [-0.2, -0.15) is 0 Å². The minimum Gasteiger partial charge on any atom is -0.360 e. The van der Waals surface area contributed by atoms with Crippen LogP contribution in [0.15, 0.2) is 59.4 Å². The van der Waals surface area contributed by atoms with E-state index in [9.17, 15) is 4.79 Å². The van der Waals surface area contributed by atoms with E-state index >= 15 is 0 Å². The summed E-state index contributed by atoms with van der Waals surface area (Å²) in [6.07, 6.45) is 5.75. The van der Waals surface area contributed by atoms with Crippen LogP contribution >= 0.6 is 0 Å². The Balaban J connectivity index is 1.60. The summed E-state index contributed by atoms with van der Waals surface area (Å²) in [6.45, 7) is 3.06. The zero-order valence-corrected chi connectivity index (χ0v) is 14.8. The Morgan fingerprint density at radius 1 is 1.19 bits per heavy atom. The first-order valence-corrected chi connectivity index (χ1v) is 8.90. The summed E-state index contributed by atoms with van der Waals surface area (Å²) in [6, 6.07) is 13.8. The van der Waals surface area contributed by atoms with Gasteiger partial charge in [0.05, 0.1) is 0 Å². The second-order valence-electron chi connectivity index (χ2n) is 6.84. The summed E-state index contributed by atoms with van der Waals surface area (Å²) in [7, 11) is 0. The highest BCUT2D eigenvalue weighted by Crippen LogP contribution is 2.40. The fourth-order valence-corrected chi connectivity index (χ4v) is 3.02. The van der Waals surface area contributed by atoms with Gasteiger partial charge in [0.1, 0.15) is 5.76 Å². The Bertz CT molecular complexity index is 900. The molecule has 0 atom stereocenters. The SMILES string of the molecule is Cc1ccccc1CN(Cc1cccnc1)C(=O)c1cc(C2CC2)on1. The van der Waals surface area contributed by atoms with Crippen LogP contribution in [0.25, 0.3) is 0 Å². The first-order valence-electron chi connectivity index (χ1n) is 8.90. The molecule has 2 aromatic heterocycles. The number of carbonyl (C=O) groups is 1. The fraction of sp³-hybridized carbons (Fsp3) is 0.286. The summed E-state index contributed by atoms with van der Waals surface area (Å²) in [4.78, 5) is 19.1. The van der Waals surface area contributed by atoms with E-state index in [0.29, 0.717) is 24.7 Å². The maximum Gasteiger partial charge on any atom is 0.276 e. The number of carbonyl (C=O) groups excluding carboxylic acids is 1. The average molecular weight is 347 g/mol. The lowest BCUT2D eigenvalue weighted by Crippen LogP contribution is -2.30. The highest BCUT2D eigenvalue weighted by atomic mass is 16.5. The molecule has 0 bridgehead atoms. The Morgan fingerprint density at radius 3 is 2.77 bits per heavy atom. The minimum atomic E-state index is -0.118. The molecule has 5 heteroatoms. The minimum absolute atomic E-state index is 0.118. The maximum absolute atomic E-state index is 13.1. The lowest BCUT2D eigenvalue weighted by molar-refractivity contribution is 0.0719. The molecule has 2 heterocycles. The molecule has 1 aliphatic carbocycles. The number of rotatable bonds is 6. The molecule has 1 aliphatic rings. The van der Waals surface area contributed by atoms with Crippen molar-refractivity contribution >= 4 is 5.91 Å². The third kappa shape index (κ3) is 3.67. The van der Waals surface area contributed by atoms with Crippen LogP contribution in [0, 0.1) is 6.92 Å². The van der Waals surface area contributed by atoms with Gasteiger partial charge in [-0.25, -0.2) is 0 Å². The van der Waals surface area contributed by atoms with Crippen molar-refractivity contribution < 1.29 is 9.32 Å². The summed E-state index contributed by atoms with van der Waals surface area (Å²) < 4.78 is 5.37. The van der Waals surface area contributed by atoms with Crippen LogP contribution < -0.4 is 0 Å². The van der Waals surface area contributed by atoms with E-state index in [1.807, 2.05) is 24.3 Å². The molecule has 0 unspecified atom stereocenters. The van der Waals surface area contributed by atoms with Crippen molar-refractivity contribution in [1.29, 1.82) is 0 Å². The van der Waals surface area contributed by atoms with Crippen molar-refractivity contribution in [3.8, 4) is 0 Å².